The molecule has 0 saturated heterocycles. The summed E-state index contributed by atoms with van der Waals surface area (Å²) in [6.07, 6.45) is 1.20. The summed E-state index contributed by atoms with van der Waals surface area (Å²) in [7, 11) is 3.85. The van der Waals surface area contributed by atoms with Crippen molar-refractivity contribution in [2.45, 2.75) is 19.3 Å². The van der Waals surface area contributed by atoms with Gasteiger partial charge in [-0.2, -0.15) is 0 Å². The van der Waals surface area contributed by atoms with Gasteiger partial charge in [0.25, 0.3) is 0 Å². The van der Waals surface area contributed by atoms with Gasteiger partial charge in [0, 0.05) is 0 Å². The maximum atomic E-state index is 11.7. The fourth-order valence-corrected chi connectivity index (χ4v) is 2.40. The molecule has 0 aromatic carbocycles. The van der Waals surface area contributed by atoms with Gasteiger partial charge in [-0.15, -0.1) is 0 Å². The fourth-order valence-electron chi connectivity index (χ4n) is 2.40. The van der Waals surface area contributed by atoms with E-state index in [-0.39, 0.29) is 18.3 Å². The Hall–Kier alpha value is -1.59. The molecule has 102 valence electrons. The zero-order chi connectivity index (χ0) is 13.7. The van der Waals surface area contributed by atoms with E-state index in [1.807, 2.05) is 0 Å². The standard InChI is InChI=1S/C12H18O6/c1-16-10(13)7-4-5-8(11(14)17-2)9(6-7)12(15)18-3/h7-9H,4-6H2,1-3H3/t7-,8-,9-/m1/s1. The first-order valence-electron chi connectivity index (χ1n) is 5.78. The second-order valence-electron chi connectivity index (χ2n) is 4.29. The van der Waals surface area contributed by atoms with Gasteiger partial charge in [0.05, 0.1) is 39.1 Å². The molecular formula is C12H18O6. The molecule has 18 heavy (non-hydrogen) atoms. The van der Waals surface area contributed by atoms with Crippen molar-refractivity contribution >= 4 is 17.9 Å². The summed E-state index contributed by atoms with van der Waals surface area (Å²) >= 11 is 0. The third-order valence-corrected chi connectivity index (χ3v) is 3.39. The third kappa shape index (κ3) is 3.00. The van der Waals surface area contributed by atoms with Crippen LogP contribution in [-0.2, 0) is 28.6 Å². The number of carbonyl (C=O) groups is 3. The van der Waals surface area contributed by atoms with Crippen LogP contribution in [0.25, 0.3) is 0 Å². The summed E-state index contributed by atoms with van der Waals surface area (Å²) < 4.78 is 14.0. The summed E-state index contributed by atoms with van der Waals surface area (Å²) in [5.74, 6) is -2.82. The smallest absolute Gasteiger partial charge is 0.309 e. The van der Waals surface area contributed by atoms with Crippen LogP contribution in [0.4, 0.5) is 0 Å². The first-order chi connectivity index (χ1) is 8.54. The van der Waals surface area contributed by atoms with Gasteiger partial charge in [0.1, 0.15) is 0 Å². The van der Waals surface area contributed by atoms with Crippen LogP contribution in [0.15, 0.2) is 0 Å². The number of ether oxygens (including phenoxy) is 3. The van der Waals surface area contributed by atoms with Gasteiger partial charge in [0.2, 0.25) is 0 Å². The molecule has 6 heteroatoms. The SMILES string of the molecule is COC(=O)[C@@H]1CC[C@@H](C(=O)OC)[C@H](C(=O)OC)C1. The highest BCUT2D eigenvalue weighted by Crippen LogP contribution is 2.36. The molecular weight excluding hydrogens is 240 g/mol. The van der Waals surface area contributed by atoms with Gasteiger partial charge in [-0.3, -0.25) is 14.4 Å². The highest BCUT2D eigenvalue weighted by molar-refractivity contribution is 5.83. The Balaban J connectivity index is 2.82. The number of hydrogen-bond acceptors (Lipinski definition) is 6. The molecule has 3 atom stereocenters. The van der Waals surface area contributed by atoms with Crippen molar-refractivity contribution in [2.24, 2.45) is 17.8 Å². The average molecular weight is 258 g/mol. The molecule has 1 aliphatic rings. The lowest BCUT2D eigenvalue weighted by molar-refractivity contribution is -0.163. The number of rotatable bonds is 3. The van der Waals surface area contributed by atoms with Gasteiger partial charge in [0.15, 0.2) is 0 Å². The van der Waals surface area contributed by atoms with Crippen molar-refractivity contribution in [3.05, 3.63) is 0 Å². The van der Waals surface area contributed by atoms with E-state index in [0.29, 0.717) is 12.8 Å². The summed E-state index contributed by atoms with van der Waals surface area (Å²) in [4.78, 5) is 34.7. The average Bonchev–Trinajstić information content (AvgIpc) is 2.43. The minimum Gasteiger partial charge on any atom is -0.469 e. The largest absolute Gasteiger partial charge is 0.469 e. The van der Waals surface area contributed by atoms with Gasteiger partial charge >= 0.3 is 17.9 Å². The first kappa shape index (κ1) is 14.5. The minimum absolute atomic E-state index is 0.263. The second kappa shape index (κ2) is 6.37. The van der Waals surface area contributed by atoms with Crippen molar-refractivity contribution in [3.8, 4) is 0 Å². The van der Waals surface area contributed by atoms with Crippen molar-refractivity contribution in [1.82, 2.24) is 0 Å². The molecule has 1 aliphatic carbocycles. The Morgan fingerprint density at radius 2 is 1.28 bits per heavy atom. The summed E-state index contributed by atoms with van der Waals surface area (Å²) in [6.45, 7) is 0. The van der Waals surface area contributed by atoms with Crippen LogP contribution in [-0.4, -0.2) is 39.2 Å². The topological polar surface area (TPSA) is 78.9 Å². The van der Waals surface area contributed by atoms with Crippen LogP contribution >= 0.6 is 0 Å². The van der Waals surface area contributed by atoms with Crippen LogP contribution in [0, 0.1) is 17.8 Å². The van der Waals surface area contributed by atoms with E-state index in [1.54, 1.807) is 0 Å². The predicted octanol–water partition coefficient (Wildman–Crippen LogP) is 0.538. The van der Waals surface area contributed by atoms with E-state index in [1.165, 1.54) is 21.3 Å². The highest BCUT2D eigenvalue weighted by atomic mass is 16.5. The zero-order valence-electron chi connectivity index (χ0n) is 10.8. The lowest BCUT2D eigenvalue weighted by Crippen LogP contribution is -2.39. The van der Waals surface area contributed by atoms with Crippen molar-refractivity contribution in [2.75, 3.05) is 21.3 Å². The molecule has 6 nitrogen and oxygen atoms in total. The molecule has 0 aromatic rings. The lowest BCUT2D eigenvalue weighted by Gasteiger charge is -2.31. The second-order valence-corrected chi connectivity index (χ2v) is 4.29. The van der Waals surface area contributed by atoms with Crippen molar-refractivity contribution < 1.29 is 28.6 Å². The van der Waals surface area contributed by atoms with Gasteiger partial charge < -0.3 is 14.2 Å². The molecule has 0 amide bonds. The number of hydrogen-bond donors (Lipinski definition) is 0. The quantitative estimate of drug-likeness (QED) is 0.543. The number of esters is 3. The third-order valence-electron chi connectivity index (χ3n) is 3.39. The molecule has 0 heterocycles. The highest BCUT2D eigenvalue weighted by Gasteiger charge is 2.42. The van der Waals surface area contributed by atoms with E-state index in [4.69, 9.17) is 0 Å². The molecule has 0 N–H and O–H groups in total. The minimum atomic E-state index is -0.639. The van der Waals surface area contributed by atoms with Crippen LogP contribution in [0.5, 0.6) is 0 Å². The number of methoxy groups -OCH3 is 3. The fraction of sp³-hybridized carbons (Fsp3) is 0.750. The maximum absolute atomic E-state index is 11.7. The Bertz CT molecular complexity index is 337. The molecule has 0 aliphatic heterocycles. The summed E-state index contributed by atoms with van der Waals surface area (Å²) in [5.41, 5.74) is 0. The monoisotopic (exact) mass is 258 g/mol. The van der Waals surface area contributed by atoms with Crippen molar-refractivity contribution in [3.63, 3.8) is 0 Å². The Kier molecular flexibility index (Phi) is 5.12. The number of carbonyl (C=O) groups excluding carboxylic acids is 3. The van der Waals surface area contributed by atoms with E-state index >= 15 is 0 Å². The predicted molar refractivity (Wildman–Crippen MR) is 60.4 cm³/mol. The molecule has 0 aromatic heterocycles. The van der Waals surface area contributed by atoms with Gasteiger partial charge in [-0.05, 0) is 19.3 Å². The van der Waals surface area contributed by atoms with Crippen molar-refractivity contribution in [1.29, 1.82) is 0 Å². The maximum Gasteiger partial charge on any atom is 0.309 e. The zero-order valence-corrected chi connectivity index (χ0v) is 10.8. The van der Waals surface area contributed by atoms with E-state index in [0.717, 1.165) is 0 Å². The van der Waals surface area contributed by atoms with Gasteiger partial charge in [-0.25, -0.2) is 0 Å². The van der Waals surface area contributed by atoms with E-state index in [9.17, 15) is 14.4 Å². The Morgan fingerprint density at radius 3 is 1.78 bits per heavy atom. The molecule has 0 bridgehead atoms. The lowest BCUT2D eigenvalue weighted by atomic mass is 9.74. The molecule has 1 rings (SSSR count). The molecule has 0 unspecified atom stereocenters. The summed E-state index contributed by atoms with van der Waals surface area (Å²) in [5, 5.41) is 0. The molecule has 0 radical (unpaired) electrons. The van der Waals surface area contributed by atoms with E-state index < -0.39 is 23.8 Å². The van der Waals surface area contributed by atoms with Crippen LogP contribution in [0.2, 0.25) is 0 Å². The van der Waals surface area contributed by atoms with Crippen LogP contribution < -0.4 is 0 Å². The van der Waals surface area contributed by atoms with Crippen LogP contribution in [0.1, 0.15) is 19.3 Å². The molecule has 1 saturated carbocycles. The Morgan fingerprint density at radius 1 is 0.778 bits per heavy atom. The van der Waals surface area contributed by atoms with Crippen LogP contribution in [0.3, 0.4) is 0 Å². The van der Waals surface area contributed by atoms with E-state index in [2.05, 4.69) is 14.2 Å². The van der Waals surface area contributed by atoms with Gasteiger partial charge in [-0.1, -0.05) is 0 Å². The Labute approximate surface area is 106 Å². The normalized spacial score (nSPS) is 27.2. The first-order valence-corrected chi connectivity index (χ1v) is 5.78. The molecule has 1 fully saturated rings. The molecule has 0 spiro atoms. The summed E-state index contributed by atoms with van der Waals surface area (Å²) in [6, 6.07) is 0.